The molecule has 1 aliphatic heterocycles. The lowest BCUT2D eigenvalue weighted by atomic mass is 10.2. The summed E-state index contributed by atoms with van der Waals surface area (Å²) in [4.78, 5) is 11.3. The second kappa shape index (κ2) is 4.00. The van der Waals surface area contributed by atoms with E-state index in [0.29, 0.717) is 5.70 Å². The SMILES string of the molecule is COC(=O)C1=CC=Cc2ccccc2N1. The van der Waals surface area contributed by atoms with Crippen molar-refractivity contribution in [1.29, 1.82) is 0 Å². The molecule has 15 heavy (non-hydrogen) atoms. The van der Waals surface area contributed by atoms with Crippen LogP contribution in [0.25, 0.3) is 6.08 Å². The zero-order valence-corrected chi connectivity index (χ0v) is 8.36. The van der Waals surface area contributed by atoms with E-state index in [9.17, 15) is 4.79 Å². The van der Waals surface area contributed by atoms with Crippen molar-refractivity contribution in [3.05, 3.63) is 47.7 Å². The number of nitrogens with one attached hydrogen (secondary N) is 1. The van der Waals surface area contributed by atoms with Gasteiger partial charge in [0.15, 0.2) is 0 Å². The predicted octanol–water partition coefficient (Wildman–Crippen LogP) is 2.18. The first-order valence-corrected chi connectivity index (χ1v) is 4.64. The standard InChI is InChI=1S/C12H11NO2/c1-15-12(14)11-8-4-6-9-5-2-3-7-10(9)13-11/h2-8,13H,1H3. The molecule has 0 fully saturated rings. The van der Waals surface area contributed by atoms with Gasteiger partial charge in [0.1, 0.15) is 5.70 Å². The first-order valence-electron chi connectivity index (χ1n) is 4.64. The molecule has 0 saturated carbocycles. The van der Waals surface area contributed by atoms with Gasteiger partial charge < -0.3 is 10.1 Å². The minimum absolute atomic E-state index is 0.364. The van der Waals surface area contributed by atoms with Crippen LogP contribution in [-0.2, 0) is 9.53 Å². The average molecular weight is 201 g/mol. The Balaban J connectivity index is 2.35. The Morgan fingerprint density at radius 2 is 2.13 bits per heavy atom. The van der Waals surface area contributed by atoms with E-state index >= 15 is 0 Å². The molecule has 0 aromatic heterocycles. The van der Waals surface area contributed by atoms with Gasteiger partial charge in [-0.3, -0.25) is 0 Å². The van der Waals surface area contributed by atoms with E-state index < -0.39 is 0 Å². The minimum atomic E-state index is -0.364. The lowest BCUT2D eigenvalue weighted by molar-refractivity contribution is -0.135. The van der Waals surface area contributed by atoms with Crippen molar-refractivity contribution in [2.24, 2.45) is 0 Å². The molecule has 2 rings (SSSR count). The summed E-state index contributed by atoms with van der Waals surface area (Å²) in [5, 5.41) is 3.03. The zero-order valence-electron chi connectivity index (χ0n) is 8.36. The van der Waals surface area contributed by atoms with Crippen LogP contribution in [0.1, 0.15) is 5.56 Å². The fourth-order valence-corrected chi connectivity index (χ4v) is 1.42. The molecule has 0 atom stereocenters. The first kappa shape index (κ1) is 9.52. The highest BCUT2D eigenvalue weighted by Gasteiger charge is 2.11. The van der Waals surface area contributed by atoms with E-state index in [2.05, 4.69) is 10.1 Å². The third-order valence-corrected chi connectivity index (χ3v) is 2.17. The van der Waals surface area contributed by atoms with Crippen LogP contribution in [0, 0.1) is 0 Å². The summed E-state index contributed by atoms with van der Waals surface area (Å²) in [5.74, 6) is -0.364. The number of carbonyl (C=O) groups is 1. The Labute approximate surface area is 88.1 Å². The number of benzene rings is 1. The van der Waals surface area contributed by atoms with Crippen molar-refractivity contribution >= 4 is 17.7 Å². The van der Waals surface area contributed by atoms with Gasteiger partial charge in [0, 0.05) is 5.69 Å². The normalized spacial score (nSPS) is 13.3. The first-order chi connectivity index (χ1) is 7.31. The lowest BCUT2D eigenvalue weighted by Crippen LogP contribution is -2.12. The van der Waals surface area contributed by atoms with E-state index in [1.807, 2.05) is 36.4 Å². The highest BCUT2D eigenvalue weighted by atomic mass is 16.5. The Morgan fingerprint density at radius 1 is 1.33 bits per heavy atom. The molecule has 0 unspecified atom stereocenters. The third kappa shape index (κ3) is 1.91. The maximum Gasteiger partial charge on any atom is 0.354 e. The van der Waals surface area contributed by atoms with Crippen molar-refractivity contribution in [1.82, 2.24) is 0 Å². The number of carbonyl (C=O) groups excluding carboxylic acids is 1. The zero-order chi connectivity index (χ0) is 10.7. The van der Waals surface area contributed by atoms with Gasteiger partial charge in [-0.15, -0.1) is 0 Å². The summed E-state index contributed by atoms with van der Waals surface area (Å²) >= 11 is 0. The van der Waals surface area contributed by atoms with Crippen molar-refractivity contribution in [3.63, 3.8) is 0 Å². The Kier molecular flexibility index (Phi) is 2.54. The maximum atomic E-state index is 11.3. The Hall–Kier alpha value is -2.03. The van der Waals surface area contributed by atoms with E-state index in [4.69, 9.17) is 0 Å². The topological polar surface area (TPSA) is 38.3 Å². The van der Waals surface area contributed by atoms with E-state index in [1.165, 1.54) is 7.11 Å². The molecule has 3 heteroatoms. The maximum absolute atomic E-state index is 11.3. The Bertz CT molecular complexity index is 447. The van der Waals surface area contributed by atoms with Crippen LogP contribution in [0.2, 0.25) is 0 Å². The number of esters is 1. The van der Waals surface area contributed by atoms with Crippen LogP contribution < -0.4 is 5.32 Å². The second-order valence-corrected chi connectivity index (χ2v) is 3.14. The van der Waals surface area contributed by atoms with Gasteiger partial charge in [0.25, 0.3) is 0 Å². The molecule has 0 bridgehead atoms. The summed E-state index contributed by atoms with van der Waals surface area (Å²) in [5.41, 5.74) is 2.40. The monoisotopic (exact) mass is 201 g/mol. The molecule has 1 heterocycles. The number of ether oxygens (including phenoxy) is 1. The van der Waals surface area contributed by atoms with Crippen molar-refractivity contribution < 1.29 is 9.53 Å². The van der Waals surface area contributed by atoms with Gasteiger partial charge >= 0.3 is 5.97 Å². The largest absolute Gasteiger partial charge is 0.464 e. The molecule has 1 aliphatic rings. The molecular weight excluding hydrogens is 190 g/mol. The minimum Gasteiger partial charge on any atom is -0.464 e. The number of hydrogen-bond acceptors (Lipinski definition) is 3. The van der Waals surface area contributed by atoms with E-state index in [1.54, 1.807) is 6.08 Å². The summed E-state index contributed by atoms with van der Waals surface area (Å²) in [7, 11) is 1.37. The quantitative estimate of drug-likeness (QED) is 0.708. The number of allylic oxidation sites excluding steroid dienone is 2. The summed E-state index contributed by atoms with van der Waals surface area (Å²) in [6, 6.07) is 7.77. The molecule has 3 nitrogen and oxygen atoms in total. The smallest absolute Gasteiger partial charge is 0.354 e. The van der Waals surface area contributed by atoms with Crippen LogP contribution in [-0.4, -0.2) is 13.1 Å². The van der Waals surface area contributed by atoms with Crippen LogP contribution in [0.15, 0.2) is 42.1 Å². The molecule has 1 aromatic carbocycles. The molecule has 1 N–H and O–H groups in total. The van der Waals surface area contributed by atoms with Crippen LogP contribution in [0.4, 0.5) is 5.69 Å². The average Bonchev–Trinajstić information content (AvgIpc) is 2.49. The lowest BCUT2D eigenvalue weighted by Gasteiger charge is -2.09. The van der Waals surface area contributed by atoms with Crippen molar-refractivity contribution in [2.45, 2.75) is 0 Å². The number of rotatable bonds is 1. The van der Waals surface area contributed by atoms with Gasteiger partial charge in [0.2, 0.25) is 0 Å². The van der Waals surface area contributed by atoms with Gasteiger partial charge in [-0.05, 0) is 17.7 Å². The van der Waals surface area contributed by atoms with Gasteiger partial charge in [0.05, 0.1) is 7.11 Å². The van der Waals surface area contributed by atoms with E-state index in [-0.39, 0.29) is 5.97 Å². The molecule has 0 amide bonds. The van der Waals surface area contributed by atoms with E-state index in [0.717, 1.165) is 11.3 Å². The number of anilines is 1. The van der Waals surface area contributed by atoms with Crippen LogP contribution >= 0.6 is 0 Å². The summed E-state index contributed by atoms with van der Waals surface area (Å²) < 4.78 is 4.66. The van der Waals surface area contributed by atoms with Crippen LogP contribution in [0.3, 0.4) is 0 Å². The fraction of sp³-hybridized carbons (Fsp3) is 0.0833. The molecule has 1 aromatic rings. The molecule has 76 valence electrons. The molecule has 0 radical (unpaired) electrons. The third-order valence-electron chi connectivity index (χ3n) is 2.17. The number of fused-ring (bicyclic) bond motifs is 1. The molecule has 0 aliphatic carbocycles. The molecular formula is C12H11NO2. The predicted molar refractivity (Wildman–Crippen MR) is 59.2 cm³/mol. The van der Waals surface area contributed by atoms with Gasteiger partial charge in [-0.2, -0.15) is 0 Å². The fourth-order valence-electron chi connectivity index (χ4n) is 1.42. The number of hydrogen-bond donors (Lipinski definition) is 1. The molecule has 0 saturated heterocycles. The van der Waals surface area contributed by atoms with Gasteiger partial charge in [-0.1, -0.05) is 30.4 Å². The second-order valence-electron chi connectivity index (χ2n) is 3.14. The highest BCUT2D eigenvalue weighted by Crippen LogP contribution is 2.21. The summed E-state index contributed by atoms with van der Waals surface area (Å²) in [6.07, 6.45) is 5.47. The highest BCUT2D eigenvalue weighted by molar-refractivity contribution is 5.94. The number of methoxy groups -OCH3 is 1. The van der Waals surface area contributed by atoms with Crippen LogP contribution in [0.5, 0.6) is 0 Å². The van der Waals surface area contributed by atoms with Crippen molar-refractivity contribution in [2.75, 3.05) is 12.4 Å². The summed E-state index contributed by atoms with van der Waals surface area (Å²) in [6.45, 7) is 0. The molecule has 0 spiro atoms. The Morgan fingerprint density at radius 3 is 2.93 bits per heavy atom. The number of para-hydroxylation sites is 1. The van der Waals surface area contributed by atoms with Gasteiger partial charge in [-0.25, -0.2) is 4.79 Å². The van der Waals surface area contributed by atoms with Crippen molar-refractivity contribution in [3.8, 4) is 0 Å².